The van der Waals surface area contributed by atoms with Crippen LogP contribution in [0, 0.1) is 0 Å². The molecular weight excluding hydrogens is 432 g/mol. The maximum Gasteiger partial charge on any atom is 0.330 e. The molecule has 0 unspecified atom stereocenters. The molecule has 1 aliphatic rings. The lowest BCUT2D eigenvalue weighted by molar-refractivity contribution is -0.137. The maximum atomic E-state index is 12.7. The summed E-state index contributed by atoms with van der Waals surface area (Å²) in [4.78, 5) is 24.5. The molecule has 0 atom stereocenters. The van der Waals surface area contributed by atoms with Crippen LogP contribution >= 0.6 is 39.5 Å². The highest BCUT2D eigenvalue weighted by Gasteiger charge is 2.17. The summed E-state index contributed by atoms with van der Waals surface area (Å²) in [5.74, 6) is 1.43. The first kappa shape index (κ1) is 21.1. The van der Waals surface area contributed by atoms with Crippen LogP contribution in [0.15, 0.2) is 56.8 Å². The van der Waals surface area contributed by atoms with Gasteiger partial charge < -0.3 is 4.74 Å². The van der Waals surface area contributed by atoms with Crippen molar-refractivity contribution in [1.29, 1.82) is 0 Å². The Kier molecular flexibility index (Phi) is 9.29. The minimum Gasteiger partial charge on any atom is -0.463 e. The van der Waals surface area contributed by atoms with Crippen molar-refractivity contribution in [2.75, 3.05) is 18.1 Å². The van der Waals surface area contributed by atoms with Crippen molar-refractivity contribution >= 4 is 57.3 Å². The van der Waals surface area contributed by atoms with Gasteiger partial charge in [-0.25, -0.2) is 4.79 Å². The van der Waals surface area contributed by atoms with Crippen molar-refractivity contribution in [1.82, 2.24) is 0 Å². The summed E-state index contributed by atoms with van der Waals surface area (Å²) in [6, 6.07) is 7.72. The zero-order valence-electron chi connectivity index (χ0n) is 14.6. The molecule has 1 saturated heterocycles. The number of unbranched alkanes of at least 4 members (excludes halogenated alkanes) is 1. The average Bonchev–Trinajstić information content (AvgIpc) is 3.16. The van der Waals surface area contributed by atoms with Crippen LogP contribution in [0.5, 0.6) is 0 Å². The third-order valence-electron chi connectivity index (χ3n) is 3.46. The van der Waals surface area contributed by atoms with Gasteiger partial charge in [0.1, 0.15) is 0 Å². The standard InChI is InChI=1S/C20H21BrO3S2/c1-2-3-12-24-19(23)11-9-17(20-25-13-14-26-20)18(22)10-6-15-4-7-16(21)8-5-15/h4-11H,2-3,12-14H2,1H3/b10-6+,11-9+. The van der Waals surface area contributed by atoms with Crippen molar-refractivity contribution in [3.63, 3.8) is 0 Å². The first-order valence-electron chi connectivity index (χ1n) is 8.43. The predicted molar refractivity (Wildman–Crippen MR) is 115 cm³/mol. The fraction of sp³-hybridized carbons (Fsp3) is 0.300. The van der Waals surface area contributed by atoms with E-state index in [1.165, 1.54) is 6.08 Å². The molecule has 0 aromatic heterocycles. The number of carbonyl (C=O) groups excluding carboxylic acids is 2. The van der Waals surface area contributed by atoms with Crippen LogP contribution in [0.25, 0.3) is 6.08 Å². The number of benzene rings is 1. The van der Waals surface area contributed by atoms with E-state index in [2.05, 4.69) is 15.9 Å². The van der Waals surface area contributed by atoms with Crippen LogP contribution in [0.2, 0.25) is 0 Å². The number of esters is 1. The normalized spacial score (nSPS) is 14.3. The van der Waals surface area contributed by atoms with Crippen LogP contribution in [0.1, 0.15) is 25.3 Å². The first-order valence-corrected chi connectivity index (χ1v) is 11.2. The molecular formula is C20H21BrO3S2. The number of carbonyl (C=O) groups is 2. The van der Waals surface area contributed by atoms with E-state index in [4.69, 9.17) is 4.74 Å². The van der Waals surface area contributed by atoms with Gasteiger partial charge in [0.05, 0.1) is 10.8 Å². The lowest BCUT2D eigenvalue weighted by Gasteiger charge is -2.03. The van der Waals surface area contributed by atoms with E-state index in [9.17, 15) is 9.59 Å². The van der Waals surface area contributed by atoms with E-state index in [1.54, 1.807) is 41.8 Å². The molecule has 0 bridgehead atoms. The zero-order valence-corrected chi connectivity index (χ0v) is 17.8. The summed E-state index contributed by atoms with van der Waals surface area (Å²) in [7, 11) is 0. The molecule has 0 aliphatic carbocycles. The summed E-state index contributed by atoms with van der Waals surface area (Å²) < 4.78 is 7.08. The van der Waals surface area contributed by atoms with Crippen molar-refractivity contribution < 1.29 is 14.3 Å². The summed E-state index contributed by atoms with van der Waals surface area (Å²) in [6.07, 6.45) is 8.09. The minimum absolute atomic E-state index is 0.109. The molecule has 0 N–H and O–H groups in total. The van der Waals surface area contributed by atoms with Crippen LogP contribution in [0.3, 0.4) is 0 Å². The van der Waals surface area contributed by atoms with E-state index in [1.807, 2.05) is 31.2 Å². The Hall–Kier alpha value is -1.24. The van der Waals surface area contributed by atoms with E-state index < -0.39 is 5.97 Å². The first-order chi connectivity index (χ1) is 12.6. The Balaban J connectivity index is 2.09. The highest BCUT2D eigenvalue weighted by atomic mass is 79.9. The molecule has 1 aromatic carbocycles. The molecule has 6 heteroatoms. The van der Waals surface area contributed by atoms with Gasteiger partial charge in [-0.1, -0.05) is 47.5 Å². The maximum absolute atomic E-state index is 12.7. The second kappa shape index (κ2) is 11.5. The van der Waals surface area contributed by atoms with Gasteiger partial charge in [-0.15, -0.1) is 23.5 Å². The molecule has 0 saturated carbocycles. The van der Waals surface area contributed by atoms with E-state index >= 15 is 0 Å². The van der Waals surface area contributed by atoms with Crippen LogP contribution < -0.4 is 0 Å². The molecule has 0 radical (unpaired) electrons. The number of allylic oxidation sites excluding steroid dienone is 3. The van der Waals surface area contributed by atoms with Crippen molar-refractivity contribution in [3.8, 4) is 0 Å². The molecule has 1 aliphatic heterocycles. The molecule has 1 heterocycles. The predicted octanol–water partition coefficient (Wildman–Crippen LogP) is 5.62. The summed E-state index contributed by atoms with van der Waals surface area (Å²) in [5.41, 5.74) is 1.50. The van der Waals surface area contributed by atoms with Gasteiger partial charge >= 0.3 is 5.97 Å². The van der Waals surface area contributed by atoms with Gasteiger partial charge in [0.25, 0.3) is 0 Å². The smallest absolute Gasteiger partial charge is 0.330 e. The number of ketones is 1. The number of thioether (sulfide) groups is 2. The minimum atomic E-state index is -0.408. The molecule has 0 spiro atoms. The lowest BCUT2D eigenvalue weighted by atomic mass is 10.1. The second-order valence-corrected chi connectivity index (χ2v) is 8.89. The Labute approximate surface area is 171 Å². The number of hydrogen-bond acceptors (Lipinski definition) is 5. The van der Waals surface area contributed by atoms with Crippen LogP contribution in [-0.2, 0) is 14.3 Å². The fourth-order valence-corrected chi connectivity index (χ4v) is 4.85. The van der Waals surface area contributed by atoms with Gasteiger partial charge in [-0.05, 0) is 36.3 Å². The second-order valence-electron chi connectivity index (χ2n) is 5.50. The molecule has 2 rings (SSSR count). The van der Waals surface area contributed by atoms with Gasteiger partial charge in [0.15, 0.2) is 5.78 Å². The number of rotatable bonds is 8. The SMILES string of the molecule is CCCCOC(=O)/C=C/C(C(=O)/C=C/c1ccc(Br)cc1)=C1SCCS1. The summed E-state index contributed by atoms with van der Waals surface area (Å²) in [5, 5.41) is 0. The molecule has 1 aromatic rings. The Bertz CT molecular complexity index is 713. The van der Waals surface area contributed by atoms with Crippen molar-refractivity contribution in [2.24, 2.45) is 0 Å². The molecule has 26 heavy (non-hydrogen) atoms. The van der Waals surface area contributed by atoms with Gasteiger partial charge in [0, 0.05) is 27.6 Å². The third kappa shape index (κ3) is 7.17. The average molecular weight is 453 g/mol. The topological polar surface area (TPSA) is 43.4 Å². The number of ether oxygens (including phenoxy) is 1. The summed E-state index contributed by atoms with van der Waals surface area (Å²) in [6.45, 7) is 2.45. The highest BCUT2D eigenvalue weighted by molar-refractivity contribution is 9.10. The third-order valence-corrected chi connectivity index (χ3v) is 6.74. The van der Waals surface area contributed by atoms with Crippen molar-refractivity contribution in [3.05, 3.63) is 62.3 Å². The largest absolute Gasteiger partial charge is 0.463 e. The quantitative estimate of drug-likeness (QED) is 0.290. The lowest BCUT2D eigenvalue weighted by Crippen LogP contribution is -2.03. The Morgan fingerprint density at radius 2 is 1.81 bits per heavy atom. The number of hydrogen-bond donors (Lipinski definition) is 0. The number of halogens is 1. The molecule has 1 fully saturated rings. The van der Waals surface area contributed by atoms with Gasteiger partial charge in [-0.2, -0.15) is 0 Å². The van der Waals surface area contributed by atoms with Gasteiger partial charge in [0.2, 0.25) is 0 Å². The molecule has 138 valence electrons. The van der Waals surface area contributed by atoms with Crippen LogP contribution in [-0.4, -0.2) is 29.9 Å². The Morgan fingerprint density at radius 3 is 2.46 bits per heavy atom. The van der Waals surface area contributed by atoms with Gasteiger partial charge in [-0.3, -0.25) is 4.79 Å². The fourth-order valence-electron chi connectivity index (χ4n) is 2.07. The van der Waals surface area contributed by atoms with E-state index in [0.717, 1.165) is 38.6 Å². The highest BCUT2D eigenvalue weighted by Crippen LogP contribution is 2.39. The summed E-state index contributed by atoms with van der Waals surface area (Å²) >= 11 is 6.70. The molecule has 0 amide bonds. The Morgan fingerprint density at radius 1 is 1.12 bits per heavy atom. The molecule has 3 nitrogen and oxygen atoms in total. The van der Waals surface area contributed by atoms with E-state index in [-0.39, 0.29) is 5.78 Å². The van der Waals surface area contributed by atoms with E-state index in [0.29, 0.717) is 12.2 Å². The van der Waals surface area contributed by atoms with Crippen LogP contribution in [0.4, 0.5) is 0 Å². The van der Waals surface area contributed by atoms with Crippen molar-refractivity contribution in [2.45, 2.75) is 19.8 Å². The zero-order chi connectivity index (χ0) is 18.8. The monoisotopic (exact) mass is 452 g/mol.